The summed E-state index contributed by atoms with van der Waals surface area (Å²) in [5, 5.41) is -0.00233. The second-order valence-corrected chi connectivity index (χ2v) is 4.74. The smallest absolute Gasteiger partial charge is 0.142 e. The molecule has 2 nitrogen and oxygen atoms in total. The Morgan fingerprint density at radius 1 is 1.05 bits per heavy atom. The molecule has 6 heteroatoms. The van der Waals surface area contributed by atoms with E-state index in [-0.39, 0.29) is 17.0 Å². The Labute approximate surface area is 119 Å². The summed E-state index contributed by atoms with van der Waals surface area (Å²) < 4.78 is 39.9. The molecule has 106 valence electrons. The molecule has 0 radical (unpaired) electrons. The van der Waals surface area contributed by atoms with Gasteiger partial charge in [0.05, 0.1) is 11.1 Å². The summed E-state index contributed by atoms with van der Waals surface area (Å²) in [5.41, 5.74) is 3.29. The Kier molecular flexibility index (Phi) is 4.65. The first-order valence-electron chi connectivity index (χ1n) is 5.86. The van der Waals surface area contributed by atoms with E-state index >= 15 is 0 Å². The number of hydrogen-bond acceptors (Lipinski definition) is 2. The minimum atomic E-state index is -0.667. The van der Waals surface area contributed by atoms with Crippen LogP contribution in [0.1, 0.15) is 17.2 Å². The van der Waals surface area contributed by atoms with Crippen LogP contribution in [0.3, 0.4) is 0 Å². The molecule has 0 heterocycles. The zero-order chi connectivity index (χ0) is 14.7. The SMILES string of the molecule is NNC(Cc1ccc(F)cc1F)c1ccc(Cl)c(F)c1. The van der Waals surface area contributed by atoms with Crippen LogP contribution in [0.25, 0.3) is 0 Å². The standard InChI is InChI=1S/C14H12ClF3N2/c15-11-4-2-9(5-13(11)18)14(20-19)6-8-1-3-10(16)7-12(8)17/h1-5,7,14,20H,6,19H2. The zero-order valence-corrected chi connectivity index (χ0v) is 11.1. The van der Waals surface area contributed by atoms with Crippen LogP contribution < -0.4 is 11.3 Å². The maximum Gasteiger partial charge on any atom is 0.142 e. The van der Waals surface area contributed by atoms with Gasteiger partial charge < -0.3 is 0 Å². The number of hydrazine groups is 1. The van der Waals surface area contributed by atoms with Crippen molar-refractivity contribution in [2.24, 2.45) is 5.84 Å². The summed E-state index contributed by atoms with van der Waals surface area (Å²) >= 11 is 5.60. The molecule has 3 N–H and O–H groups in total. The highest BCUT2D eigenvalue weighted by Crippen LogP contribution is 2.23. The zero-order valence-electron chi connectivity index (χ0n) is 10.3. The number of benzene rings is 2. The van der Waals surface area contributed by atoms with Gasteiger partial charge >= 0.3 is 0 Å². The quantitative estimate of drug-likeness (QED) is 0.670. The maximum absolute atomic E-state index is 13.6. The van der Waals surface area contributed by atoms with Gasteiger partial charge in [0, 0.05) is 6.07 Å². The molecule has 0 spiro atoms. The third-order valence-electron chi connectivity index (χ3n) is 2.99. The summed E-state index contributed by atoms with van der Waals surface area (Å²) in [6.45, 7) is 0. The van der Waals surface area contributed by atoms with E-state index in [9.17, 15) is 13.2 Å². The van der Waals surface area contributed by atoms with Crippen LogP contribution in [0.4, 0.5) is 13.2 Å². The van der Waals surface area contributed by atoms with Gasteiger partial charge in [0.1, 0.15) is 17.5 Å². The van der Waals surface area contributed by atoms with Crippen molar-refractivity contribution in [1.29, 1.82) is 0 Å². The Hall–Kier alpha value is -1.56. The average molecular weight is 301 g/mol. The van der Waals surface area contributed by atoms with Crippen LogP contribution in [-0.4, -0.2) is 0 Å². The van der Waals surface area contributed by atoms with Gasteiger partial charge in [-0.1, -0.05) is 23.7 Å². The van der Waals surface area contributed by atoms with Crippen molar-refractivity contribution in [2.75, 3.05) is 0 Å². The van der Waals surface area contributed by atoms with Gasteiger partial charge in [-0.25, -0.2) is 13.2 Å². The van der Waals surface area contributed by atoms with E-state index in [1.165, 1.54) is 18.2 Å². The van der Waals surface area contributed by atoms with Gasteiger partial charge in [-0.3, -0.25) is 11.3 Å². The summed E-state index contributed by atoms with van der Waals surface area (Å²) in [6, 6.07) is 7.01. The molecule has 2 aromatic rings. The fraction of sp³-hybridized carbons (Fsp3) is 0.143. The topological polar surface area (TPSA) is 38.0 Å². The van der Waals surface area contributed by atoms with Crippen molar-refractivity contribution < 1.29 is 13.2 Å². The lowest BCUT2D eigenvalue weighted by molar-refractivity contribution is 0.518. The lowest BCUT2D eigenvalue weighted by Gasteiger charge is -2.17. The molecule has 0 amide bonds. The number of rotatable bonds is 4. The van der Waals surface area contributed by atoms with Gasteiger partial charge in [-0.05, 0) is 35.7 Å². The van der Waals surface area contributed by atoms with Crippen LogP contribution in [0.15, 0.2) is 36.4 Å². The van der Waals surface area contributed by atoms with Crippen LogP contribution in [0, 0.1) is 17.5 Å². The minimum Gasteiger partial charge on any atom is -0.271 e. The molecule has 0 saturated carbocycles. The van der Waals surface area contributed by atoms with E-state index < -0.39 is 23.5 Å². The van der Waals surface area contributed by atoms with Crippen molar-refractivity contribution in [1.82, 2.24) is 5.43 Å². The summed E-state index contributed by atoms with van der Waals surface area (Å²) in [7, 11) is 0. The first-order valence-corrected chi connectivity index (χ1v) is 6.24. The molecule has 0 aromatic heterocycles. The molecule has 0 aliphatic heterocycles. The molecule has 1 atom stereocenters. The second-order valence-electron chi connectivity index (χ2n) is 4.33. The number of nitrogens with two attached hydrogens (primary N) is 1. The Morgan fingerprint density at radius 3 is 2.40 bits per heavy atom. The molecule has 0 bridgehead atoms. The van der Waals surface area contributed by atoms with Gasteiger partial charge in [0.15, 0.2) is 0 Å². The van der Waals surface area contributed by atoms with Crippen molar-refractivity contribution >= 4 is 11.6 Å². The monoisotopic (exact) mass is 300 g/mol. The van der Waals surface area contributed by atoms with Crippen LogP contribution in [-0.2, 0) is 6.42 Å². The number of hydrogen-bond donors (Lipinski definition) is 2. The summed E-state index contributed by atoms with van der Waals surface area (Å²) in [5.74, 6) is 3.52. The third kappa shape index (κ3) is 3.30. The highest BCUT2D eigenvalue weighted by Gasteiger charge is 2.15. The molecule has 2 aromatic carbocycles. The van der Waals surface area contributed by atoms with Crippen molar-refractivity contribution in [3.8, 4) is 0 Å². The normalized spacial score (nSPS) is 12.4. The van der Waals surface area contributed by atoms with E-state index in [0.717, 1.165) is 12.1 Å². The predicted molar refractivity (Wildman–Crippen MR) is 71.5 cm³/mol. The number of nitrogens with one attached hydrogen (secondary N) is 1. The summed E-state index contributed by atoms with van der Waals surface area (Å²) in [4.78, 5) is 0. The van der Waals surface area contributed by atoms with E-state index in [0.29, 0.717) is 5.56 Å². The van der Waals surface area contributed by atoms with Crippen LogP contribution >= 0.6 is 11.6 Å². The van der Waals surface area contributed by atoms with Gasteiger partial charge in [-0.2, -0.15) is 0 Å². The molecule has 0 aliphatic carbocycles. The lowest BCUT2D eigenvalue weighted by Crippen LogP contribution is -2.29. The van der Waals surface area contributed by atoms with Gasteiger partial charge in [0.25, 0.3) is 0 Å². The van der Waals surface area contributed by atoms with Crippen LogP contribution in [0.2, 0.25) is 5.02 Å². The molecular weight excluding hydrogens is 289 g/mol. The molecule has 0 aliphatic rings. The fourth-order valence-corrected chi connectivity index (χ4v) is 2.03. The molecule has 0 saturated heterocycles. The summed E-state index contributed by atoms with van der Waals surface area (Å²) in [6.07, 6.45) is 0.156. The second kappa shape index (κ2) is 6.26. The first kappa shape index (κ1) is 14.8. The Morgan fingerprint density at radius 2 is 1.80 bits per heavy atom. The highest BCUT2D eigenvalue weighted by atomic mass is 35.5. The van der Waals surface area contributed by atoms with Crippen molar-refractivity contribution in [2.45, 2.75) is 12.5 Å². The van der Waals surface area contributed by atoms with E-state index in [2.05, 4.69) is 5.43 Å². The maximum atomic E-state index is 13.6. The third-order valence-corrected chi connectivity index (χ3v) is 3.29. The Bertz CT molecular complexity index is 619. The van der Waals surface area contributed by atoms with Crippen molar-refractivity contribution in [3.63, 3.8) is 0 Å². The Balaban J connectivity index is 2.26. The van der Waals surface area contributed by atoms with E-state index in [4.69, 9.17) is 17.4 Å². The van der Waals surface area contributed by atoms with Gasteiger partial charge in [0.2, 0.25) is 0 Å². The minimum absolute atomic E-state index is 0.00233. The largest absolute Gasteiger partial charge is 0.271 e. The van der Waals surface area contributed by atoms with Gasteiger partial charge in [-0.15, -0.1) is 0 Å². The van der Waals surface area contributed by atoms with E-state index in [1.54, 1.807) is 6.07 Å². The molecular formula is C14H12ClF3N2. The van der Waals surface area contributed by atoms with E-state index in [1.807, 2.05) is 0 Å². The fourth-order valence-electron chi connectivity index (χ4n) is 1.91. The van der Waals surface area contributed by atoms with Crippen molar-refractivity contribution in [3.05, 3.63) is 70.0 Å². The average Bonchev–Trinajstić information content (AvgIpc) is 2.41. The molecule has 2 rings (SSSR count). The first-order chi connectivity index (χ1) is 9.51. The van der Waals surface area contributed by atoms with Crippen LogP contribution in [0.5, 0.6) is 0 Å². The molecule has 0 fully saturated rings. The number of halogens is 4. The predicted octanol–water partition coefficient (Wildman–Crippen LogP) is 3.50. The lowest BCUT2D eigenvalue weighted by atomic mass is 9.99. The molecule has 1 unspecified atom stereocenters. The highest BCUT2D eigenvalue weighted by molar-refractivity contribution is 6.30. The molecule has 20 heavy (non-hydrogen) atoms.